The largest absolute Gasteiger partial charge is 0.369 e. The van der Waals surface area contributed by atoms with Crippen LogP contribution in [0.1, 0.15) is 0 Å². The van der Waals surface area contributed by atoms with Gasteiger partial charge in [0, 0.05) is 38.9 Å². The molecule has 0 bridgehead atoms. The molecule has 1 saturated heterocycles. The van der Waals surface area contributed by atoms with Gasteiger partial charge in [0.2, 0.25) is 0 Å². The first-order valence-corrected chi connectivity index (χ1v) is 6.35. The number of nitrogens with one attached hydrogen (secondary N) is 2. The Labute approximate surface area is 121 Å². The number of hydrogen-bond donors (Lipinski definition) is 2. The number of benzene rings is 1. The fourth-order valence-electron chi connectivity index (χ4n) is 2.48. The number of rotatable bonds is 1. The van der Waals surface area contributed by atoms with Crippen LogP contribution in [0.3, 0.4) is 0 Å². The highest BCUT2D eigenvalue weighted by Gasteiger charge is 2.12. The van der Waals surface area contributed by atoms with Gasteiger partial charge in [-0.05, 0) is 18.2 Å². The summed E-state index contributed by atoms with van der Waals surface area (Å²) < 4.78 is 1.46. The van der Waals surface area contributed by atoms with Crippen LogP contribution in [-0.2, 0) is 7.05 Å². The van der Waals surface area contributed by atoms with Crippen molar-refractivity contribution >= 4 is 29.0 Å². The van der Waals surface area contributed by atoms with Crippen LogP contribution < -0.4 is 21.5 Å². The Morgan fingerprint density at radius 3 is 2.55 bits per heavy atom. The van der Waals surface area contributed by atoms with Gasteiger partial charge in [0.15, 0.2) is 0 Å². The zero-order chi connectivity index (χ0) is 13.4. The lowest BCUT2D eigenvalue weighted by Gasteiger charge is -2.29. The molecule has 1 aromatic heterocycles. The molecule has 1 aromatic carbocycles. The van der Waals surface area contributed by atoms with Crippen molar-refractivity contribution < 1.29 is 0 Å². The summed E-state index contributed by atoms with van der Waals surface area (Å²) in [6, 6.07) is 5.66. The average Bonchev–Trinajstić information content (AvgIpc) is 2.45. The SMILES string of the molecule is Cl.Cn1c(=O)[nH]c(=O)c2cc(N3CCNCC3)ccc21. The minimum atomic E-state index is -0.382. The van der Waals surface area contributed by atoms with Gasteiger partial charge in [0.1, 0.15) is 0 Å². The van der Waals surface area contributed by atoms with Gasteiger partial charge in [-0.15, -0.1) is 12.4 Å². The third-order valence-electron chi connectivity index (χ3n) is 3.59. The molecule has 0 unspecified atom stereocenters. The second kappa shape index (κ2) is 5.68. The highest BCUT2D eigenvalue weighted by Crippen LogP contribution is 2.19. The standard InChI is InChI=1S/C13H16N4O2.ClH/c1-16-11-3-2-9(17-6-4-14-5-7-17)8-10(11)12(18)15-13(16)19;/h2-3,8,14H,4-7H2,1H3,(H,15,18,19);1H. The highest BCUT2D eigenvalue weighted by atomic mass is 35.5. The van der Waals surface area contributed by atoms with Crippen molar-refractivity contribution in [3.63, 3.8) is 0 Å². The maximum absolute atomic E-state index is 11.9. The smallest absolute Gasteiger partial charge is 0.328 e. The Morgan fingerprint density at radius 2 is 1.85 bits per heavy atom. The van der Waals surface area contributed by atoms with Crippen LogP contribution >= 0.6 is 12.4 Å². The average molecular weight is 297 g/mol. The number of aromatic nitrogens is 2. The number of fused-ring (bicyclic) bond motifs is 1. The second-order valence-electron chi connectivity index (χ2n) is 4.76. The van der Waals surface area contributed by atoms with E-state index in [4.69, 9.17) is 0 Å². The van der Waals surface area contributed by atoms with Crippen LogP contribution in [-0.4, -0.2) is 35.7 Å². The van der Waals surface area contributed by atoms with Gasteiger partial charge < -0.3 is 10.2 Å². The number of anilines is 1. The Hall–Kier alpha value is -1.79. The van der Waals surface area contributed by atoms with E-state index in [0.29, 0.717) is 10.9 Å². The normalized spacial score (nSPS) is 15.2. The van der Waals surface area contributed by atoms with Gasteiger partial charge in [-0.2, -0.15) is 0 Å². The van der Waals surface area contributed by atoms with Gasteiger partial charge in [0.05, 0.1) is 10.9 Å². The van der Waals surface area contributed by atoms with E-state index in [9.17, 15) is 9.59 Å². The molecule has 0 atom stereocenters. The molecule has 0 amide bonds. The molecule has 0 radical (unpaired) electrons. The lowest BCUT2D eigenvalue weighted by molar-refractivity contribution is 0.589. The maximum atomic E-state index is 11.9. The molecule has 3 rings (SSSR count). The molecule has 6 nitrogen and oxygen atoms in total. The molecule has 2 N–H and O–H groups in total. The molecule has 0 spiro atoms. The number of halogens is 1. The molecular formula is C13H17ClN4O2. The lowest BCUT2D eigenvalue weighted by Crippen LogP contribution is -2.43. The molecule has 2 heterocycles. The van der Waals surface area contributed by atoms with Crippen molar-refractivity contribution in [3.8, 4) is 0 Å². The zero-order valence-corrected chi connectivity index (χ0v) is 12.0. The van der Waals surface area contributed by atoms with Crippen LogP contribution in [0.25, 0.3) is 10.9 Å². The van der Waals surface area contributed by atoms with Crippen molar-refractivity contribution in [3.05, 3.63) is 39.0 Å². The van der Waals surface area contributed by atoms with E-state index >= 15 is 0 Å². The predicted octanol–water partition coefficient (Wildman–Crippen LogP) is 0.0582. The van der Waals surface area contributed by atoms with E-state index in [1.54, 1.807) is 7.05 Å². The predicted molar refractivity (Wildman–Crippen MR) is 82.1 cm³/mol. The molecule has 0 saturated carbocycles. The van der Waals surface area contributed by atoms with Crippen molar-refractivity contribution in [1.29, 1.82) is 0 Å². The van der Waals surface area contributed by atoms with E-state index in [1.165, 1.54) is 4.57 Å². The third-order valence-corrected chi connectivity index (χ3v) is 3.59. The van der Waals surface area contributed by atoms with Gasteiger partial charge >= 0.3 is 5.69 Å². The second-order valence-corrected chi connectivity index (χ2v) is 4.76. The quantitative estimate of drug-likeness (QED) is 0.781. The van der Waals surface area contributed by atoms with Gasteiger partial charge in [0.25, 0.3) is 5.56 Å². The molecule has 1 fully saturated rings. The number of nitrogens with zero attached hydrogens (tertiary/aromatic N) is 2. The summed E-state index contributed by atoms with van der Waals surface area (Å²) in [4.78, 5) is 28.0. The maximum Gasteiger partial charge on any atom is 0.328 e. The monoisotopic (exact) mass is 296 g/mol. The summed E-state index contributed by atoms with van der Waals surface area (Å²) in [5.41, 5.74) is 0.980. The number of piperazine rings is 1. The fraction of sp³-hybridized carbons (Fsp3) is 0.385. The highest BCUT2D eigenvalue weighted by molar-refractivity contribution is 5.85. The van der Waals surface area contributed by atoms with Crippen molar-refractivity contribution in [1.82, 2.24) is 14.9 Å². The van der Waals surface area contributed by atoms with Gasteiger partial charge in [-0.25, -0.2) is 4.79 Å². The summed E-state index contributed by atoms with van der Waals surface area (Å²) in [5, 5.41) is 3.85. The molecule has 1 aliphatic heterocycles. The van der Waals surface area contributed by atoms with E-state index in [1.807, 2.05) is 18.2 Å². The van der Waals surface area contributed by atoms with E-state index in [-0.39, 0.29) is 23.7 Å². The first kappa shape index (κ1) is 14.6. The summed E-state index contributed by atoms with van der Waals surface area (Å²) in [6.45, 7) is 3.74. The fourth-order valence-corrected chi connectivity index (χ4v) is 2.48. The molecule has 108 valence electrons. The summed E-state index contributed by atoms with van der Waals surface area (Å²) >= 11 is 0. The van der Waals surface area contributed by atoms with Crippen LogP contribution in [0, 0.1) is 0 Å². The molecule has 7 heteroatoms. The lowest BCUT2D eigenvalue weighted by atomic mass is 10.2. The molecule has 20 heavy (non-hydrogen) atoms. The zero-order valence-electron chi connectivity index (χ0n) is 11.2. The van der Waals surface area contributed by atoms with Crippen LogP contribution in [0.4, 0.5) is 5.69 Å². The minimum Gasteiger partial charge on any atom is -0.369 e. The van der Waals surface area contributed by atoms with Gasteiger partial charge in [-0.1, -0.05) is 0 Å². The summed E-state index contributed by atoms with van der Waals surface area (Å²) in [7, 11) is 1.66. The van der Waals surface area contributed by atoms with Crippen molar-refractivity contribution in [2.75, 3.05) is 31.1 Å². The Balaban J connectivity index is 0.00000147. The number of hydrogen-bond acceptors (Lipinski definition) is 4. The summed E-state index contributed by atoms with van der Waals surface area (Å²) in [5.74, 6) is 0. The van der Waals surface area contributed by atoms with Crippen molar-refractivity contribution in [2.24, 2.45) is 7.05 Å². The molecule has 2 aromatic rings. The molecule has 1 aliphatic rings. The molecule has 0 aliphatic carbocycles. The topological polar surface area (TPSA) is 70.1 Å². The van der Waals surface area contributed by atoms with Crippen LogP contribution in [0.5, 0.6) is 0 Å². The van der Waals surface area contributed by atoms with E-state index in [2.05, 4.69) is 15.2 Å². The Morgan fingerprint density at radius 1 is 1.15 bits per heavy atom. The third kappa shape index (κ3) is 2.44. The van der Waals surface area contributed by atoms with Crippen molar-refractivity contribution in [2.45, 2.75) is 0 Å². The van der Waals surface area contributed by atoms with Crippen LogP contribution in [0.2, 0.25) is 0 Å². The van der Waals surface area contributed by atoms with E-state index < -0.39 is 0 Å². The van der Waals surface area contributed by atoms with E-state index in [0.717, 1.165) is 31.9 Å². The Kier molecular flexibility index (Phi) is 4.15. The first-order valence-electron chi connectivity index (χ1n) is 6.35. The first-order chi connectivity index (χ1) is 9.16. The van der Waals surface area contributed by atoms with Gasteiger partial charge in [-0.3, -0.25) is 14.3 Å². The molecular weight excluding hydrogens is 280 g/mol. The number of aryl methyl sites for hydroxylation is 1. The number of aromatic amines is 1. The summed E-state index contributed by atoms with van der Waals surface area (Å²) in [6.07, 6.45) is 0. The van der Waals surface area contributed by atoms with Crippen LogP contribution in [0.15, 0.2) is 27.8 Å². The Bertz CT molecular complexity index is 731. The number of H-pyrrole nitrogens is 1. The minimum absolute atomic E-state index is 0.